The summed E-state index contributed by atoms with van der Waals surface area (Å²) in [6.45, 7) is -0.0868. The third-order valence-corrected chi connectivity index (χ3v) is 6.71. The molecule has 0 radical (unpaired) electrons. The predicted octanol–water partition coefficient (Wildman–Crippen LogP) is 2.95. The highest BCUT2D eigenvalue weighted by Gasteiger charge is 2.35. The van der Waals surface area contributed by atoms with Gasteiger partial charge in [-0.1, -0.05) is 18.2 Å². The maximum Gasteiger partial charge on any atom is 0.350 e. The minimum absolute atomic E-state index is 0.0223. The second-order valence-corrected chi connectivity index (χ2v) is 9.96. The lowest BCUT2D eigenvalue weighted by molar-refractivity contribution is -0.0175. The van der Waals surface area contributed by atoms with Crippen LogP contribution in [-0.4, -0.2) is 58.5 Å². The fourth-order valence-corrected chi connectivity index (χ4v) is 4.73. The van der Waals surface area contributed by atoms with E-state index in [1.807, 2.05) is 0 Å². The number of aliphatic hydroxyl groups is 1. The van der Waals surface area contributed by atoms with Crippen LogP contribution in [0.2, 0.25) is 0 Å². The Labute approximate surface area is 237 Å². The van der Waals surface area contributed by atoms with Crippen molar-refractivity contribution in [2.45, 2.75) is 25.2 Å². The molecule has 5 rings (SSSR count). The largest absolute Gasteiger partial charge is 0.382 e. The molecule has 216 valence electrons. The number of benzene rings is 3. The van der Waals surface area contributed by atoms with Gasteiger partial charge in [0.2, 0.25) is 0 Å². The van der Waals surface area contributed by atoms with Gasteiger partial charge < -0.3 is 5.11 Å². The molecule has 0 saturated heterocycles. The Hall–Kier alpha value is -4.88. The topological polar surface area (TPSA) is 111 Å². The minimum atomic E-state index is -1.76. The Bertz CT molecular complexity index is 1740. The maximum absolute atomic E-state index is 14.7. The van der Waals surface area contributed by atoms with Gasteiger partial charge in [-0.3, -0.25) is 9.69 Å². The van der Waals surface area contributed by atoms with Crippen molar-refractivity contribution in [3.05, 3.63) is 130 Å². The Balaban J connectivity index is 1.28. The molecule has 0 amide bonds. The summed E-state index contributed by atoms with van der Waals surface area (Å²) in [7, 11) is 1.74. The van der Waals surface area contributed by atoms with Gasteiger partial charge in [0.25, 0.3) is 0 Å². The first kappa shape index (κ1) is 28.6. The third-order valence-electron chi connectivity index (χ3n) is 6.71. The number of hydrogen-bond acceptors (Lipinski definition) is 7. The summed E-state index contributed by atoms with van der Waals surface area (Å²) in [6, 6.07) is 15.1. The van der Waals surface area contributed by atoms with Gasteiger partial charge >= 0.3 is 5.69 Å². The maximum atomic E-state index is 14.7. The highest BCUT2D eigenvalue weighted by atomic mass is 19.1. The number of hydrogen-bond donors (Lipinski definition) is 1. The van der Waals surface area contributed by atoms with Crippen LogP contribution in [-0.2, 0) is 25.2 Å². The summed E-state index contributed by atoms with van der Waals surface area (Å²) in [5, 5.41) is 19.6. The van der Waals surface area contributed by atoms with Crippen LogP contribution >= 0.6 is 0 Å². The molecule has 0 fully saturated rings. The zero-order valence-electron chi connectivity index (χ0n) is 22.4. The third kappa shape index (κ3) is 6.37. The zero-order valence-corrected chi connectivity index (χ0v) is 22.4. The number of carbonyl (C=O) groups excluding carboxylic acids is 1. The Morgan fingerprint density at radius 2 is 1.67 bits per heavy atom. The predicted molar refractivity (Wildman–Crippen MR) is 145 cm³/mol. The van der Waals surface area contributed by atoms with Crippen molar-refractivity contribution in [1.29, 1.82) is 0 Å². The van der Waals surface area contributed by atoms with Gasteiger partial charge in [0, 0.05) is 30.3 Å². The average molecular weight is 578 g/mol. The number of halogens is 3. The molecular weight excluding hydrogens is 551 g/mol. The average Bonchev–Trinajstić information content (AvgIpc) is 3.58. The molecule has 2 aromatic heterocycles. The van der Waals surface area contributed by atoms with Gasteiger partial charge in [-0.05, 0) is 55.1 Å². The van der Waals surface area contributed by atoms with E-state index in [-0.39, 0.29) is 36.5 Å². The number of likely N-dealkylation sites (N-methyl/N-ethyl adjacent to an activating group) is 1. The molecule has 10 nitrogen and oxygen atoms in total. The van der Waals surface area contributed by atoms with Gasteiger partial charge in [0.15, 0.2) is 5.78 Å². The first-order valence-corrected chi connectivity index (χ1v) is 12.8. The van der Waals surface area contributed by atoms with Crippen LogP contribution in [0.1, 0.15) is 21.5 Å². The van der Waals surface area contributed by atoms with E-state index in [0.29, 0.717) is 12.2 Å². The van der Waals surface area contributed by atoms with Crippen LogP contribution in [0.25, 0.3) is 5.69 Å². The van der Waals surface area contributed by atoms with E-state index < -0.39 is 28.7 Å². The van der Waals surface area contributed by atoms with Crippen molar-refractivity contribution in [3.63, 3.8) is 0 Å². The summed E-state index contributed by atoms with van der Waals surface area (Å²) in [6.07, 6.45) is 4.00. The number of nitrogens with zero attached hydrogens (tertiary/aromatic N) is 7. The normalized spacial score (nSPS) is 12.9. The summed E-state index contributed by atoms with van der Waals surface area (Å²) < 4.78 is 45.1. The van der Waals surface area contributed by atoms with Crippen LogP contribution in [0.3, 0.4) is 0 Å². The van der Waals surface area contributed by atoms with Crippen molar-refractivity contribution in [2.24, 2.45) is 0 Å². The number of Topliss-reactive ketones (excluding diaryl/α,β-unsaturated/α-hetero) is 1. The van der Waals surface area contributed by atoms with Crippen LogP contribution in [0.4, 0.5) is 13.2 Å². The summed E-state index contributed by atoms with van der Waals surface area (Å²) in [5.41, 5.74) is -0.737. The fraction of sp³-hybridized carbons (Fsp3) is 0.207. The second kappa shape index (κ2) is 11.9. The first-order valence-electron chi connectivity index (χ1n) is 12.8. The van der Waals surface area contributed by atoms with Crippen molar-refractivity contribution < 1.29 is 23.1 Å². The van der Waals surface area contributed by atoms with Crippen molar-refractivity contribution in [3.8, 4) is 5.69 Å². The molecule has 13 heteroatoms. The monoisotopic (exact) mass is 577 g/mol. The molecule has 0 aliphatic rings. The minimum Gasteiger partial charge on any atom is -0.382 e. The number of carbonyl (C=O) groups is 1. The molecule has 42 heavy (non-hydrogen) atoms. The Morgan fingerprint density at radius 3 is 2.33 bits per heavy atom. The van der Waals surface area contributed by atoms with E-state index >= 15 is 0 Å². The number of ketones is 1. The van der Waals surface area contributed by atoms with E-state index in [1.54, 1.807) is 36.2 Å². The van der Waals surface area contributed by atoms with Crippen molar-refractivity contribution in [2.75, 3.05) is 13.6 Å². The molecule has 1 atom stereocenters. The molecule has 3 aromatic carbocycles. The van der Waals surface area contributed by atoms with Crippen LogP contribution in [0.5, 0.6) is 0 Å². The smallest absolute Gasteiger partial charge is 0.350 e. The second-order valence-electron chi connectivity index (χ2n) is 9.96. The van der Waals surface area contributed by atoms with Crippen molar-refractivity contribution >= 4 is 5.78 Å². The van der Waals surface area contributed by atoms with Gasteiger partial charge in [0.1, 0.15) is 48.6 Å². The number of rotatable bonds is 11. The lowest BCUT2D eigenvalue weighted by Crippen LogP contribution is -2.43. The molecule has 0 spiro atoms. The van der Waals surface area contributed by atoms with Gasteiger partial charge in [-0.15, -0.1) is 0 Å². The van der Waals surface area contributed by atoms with E-state index in [9.17, 15) is 27.9 Å². The van der Waals surface area contributed by atoms with E-state index in [2.05, 4.69) is 15.2 Å². The molecule has 0 aliphatic carbocycles. The fourth-order valence-electron chi connectivity index (χ4n) is 4.73. The van der Waals surface area contributed by atoms with E-state index in [0.717, 1.165) is 22.4 Å². The van der Waals surface area contributed by atoms with E-state index in [1.165, 1.54) is 58.6 Å². The summed E-state index contributed by atoms with van der Waals surface area (Å²) in [5.74, 6) is -2.48. The van der Waals surface area contributed by atoms with Crippen LogP contribution < -0.4 is 5.69 Å². The Kier molecular flexibility index (Phi) is 8.13. The van der Waals surface area contributed by atoms with Gasteiger partial charge in [-0.2, -0.15) is 10.2 Å². The lowest BCUT2D eigenvalue weighted by Gasteiger charge is -2.33. The highest BCUT2D eigenvalue weighted by Crippen LogP contribution is 2.28. The molecule has 0 aliphatic heterocycles. The molecule has 0 bridgehead atoms. The van der Waals surface area contributed by atoms with Crippen molar-refractivity contribution in [1.82, 2.24) is 34.0 Å². The SMILES string of the molecule is CN(Cc1ccc(-n2cnn(CC(=O)c3ccc(F)cc3)c2=O)cc1)CC(O)(Cn1cncn1)c1ccc(F)cc1F. The van der Waals surface area contributed by atoms with Gasteiger partial charge in [-0.25, -0.2) is 36.9 Å². The van der Waals surface area contributed by atoms with E-state index in [4.69, 9.17) is 0 Å². The molecular formula is C29H26F3N7O3. The standard InChI is InChI=1S/C29H26F3N7O3/c1-36(15-29(42,16-37-18-33-17-34-37)25-11-8-23(31)12-26(25)32)13-20-2-9-24(10-3-20)38-19-35-39(28(38)41)14-27(40)21-4-6-22(30)7-5-21/h2-12,17-19,42H,13-16H2,1H3. The summed E-state index contributed by atoms with van der Waals surface area (Å²) in [4.78, 5) is 31.0. The molecule has 0 saturated carbocycles. The summed E-state index contributed by atoms with van der Waals surface area (Å²) >= 11 is 0. The molecule has 2 heterocycles. The first-order chi connectivity index (χ1) is 20.1. The quantitative estimate of drug-likeness (QED) is 0.240. The molecule has 1 unspecified atom stereocenters. The Morgan fingerprint density at radius 1 is 0.952 bits per heavy atom. The van der Waals surface area contributed by atoms with Crippen LogP contribution in [0, 0.1) is 17.5 Å². The molecule has 5 aromatic rings. The number of aromatic nitrogens is 6. The highest BCUT2D eigenvalue weighted by molar-refractivity contribution is 5.95. The van der Waals surface area contributed by atoms with Crippen LogP contribution in [0.15, 0.2) is 90.5 Å². The molecule has 1 N–H and O–H groups in total. The lowest BCUT2D eigenvalue weighted by atomic mass is 9.92. The van der Waals surface area contributed by atoms with Gasteiger partial charge in [0.05, 0.1) is 12.2 Å². The zero-order chi connectivity index (χ0) is 29.9.